The first-order chi connectivity index (χ1) is 19.4. The van der Waals surface area contributed by atoms with Crippen LogP contribution in [0, 0.1) is 0 Å². The van der Waals surface area contributed by atoms with Gasteiger partial charge in [-0.15, -0.1) is 0 Å². The van der Waals surface area contributed by atoms with Gasteiger partial charge in [-0.05, 0) is 12.8 Å². The third-order valence-corrected chi connectivity index (χ3v) is 11.0. The Hall–Kier alpha value is 0.0700. The molecule has 0 aliphatic heterocycles. The molecule has 0 aromatic rings. The average molecular weight is 589 g/mol. The van der Waals surface area contributed by atoms with Crippen LogP contribution in [0.25, 0.3) is 0 Å². The van der Waals surface area contributed by atoms with Crippen LogP contribution in [0.4, 0.5) is 0 Å². The molecule has 3 nitrogen and oxygen atoms in total. The number of hydrogen-bond acceptors (Lipinski definition) is 1. The summed E-state index contributed by atoms with van der Waals surface area (Å²) in [7, 11) is -4.38. The summed E-state index contributed by atoms with van der Waals surface area (Å²) in [6.45, 7) is 4.56. The molecule has 0 bridgehead atoms. The van der Waals surface area contributed by atoms with Crippen LogP contribution in [0.1, 0.15) is 219 Å². The van der Waals surface area contributed by atoms with Crippen molar-refractivity contribution in [2.24, 2.45) is 0 Å². The Morgan fingerprint density at radius 2 is 0.450 bits per heavy atom. The van der Waals surface area contributed by atoms with Crippen molar-refractivity contribution in [1.29, 1.82) is 0 Å². The molecule has 0 aromatic carbocycles. The lowest BCUT2D eigenvalue weighted by atomic mass is 10.0. The standard InChI is InChI=1S/C36H76O3S/c1-3-5-7-9-11-13-15-17-19-21-23-25-27-29-31-33-35-40(37,38,39)36-34-32-30-28-26-24-22-20-18-16-14-12-10-8-6-4-2/h3-36H2,1-2H3,(H2,37,38,39). The van der Waals surface area contributed by atoms with Gasteiger partial charge in [0.2, 0.25) is 0 Å². The summed E-state index contributed by atoms with van der Waals surface area (Å²) < 4.78 is 33.2. The van der Waals surface area contributed by atoms with Crippen molar-refractivity contribution >= 4 is 9.63 Å². The molecule has 0 amide bonds. The SMILES string of the molecule is CCCCCCCCCCCCCCCCCCS(=O)(O)(O)CCCCCCCCCCCCCCCCCC. The third kappa shape index (κ3) is 32.6. The average Bonchev–Trinajstić information content (AvgIpc) is 2.92. The zero-order valence-corrected chi connectivity index (χ0v) is 28.6. The van der Waals surface area contributed by atoms with E-state index in [0.717, 1.165) is 25.7 Å². The highest BCUT2D eigenvalue weighted by Gasteiger charge is 2.28. The van der Waals surface area contributed by atoms with Crippen LogP contribution < -0.4 is 0 Å². The van der Waals surface area contributed by atoms with E-state index in [0.29, 0.717) is 12.8 Å². The molecule has 0 aromatic heterocycles. The summed E-state index contributed by atoms with van der Waals surface area (Å²) in [6.07, 6.45) is 41.2. The summed E-state index contributed by atoms with van der Waals surface area (Å²) in [6, 6.07) is 0. The first kappa shape index (κ1) is 40.1. The van der Waals surface area contributed by atoms with E-state index in [2.05, 4.69) is 13.8 Å². The minimum atomic E-state index is -4.38. The van der Waals surface area contributed by atoms with Gasteiger partial charge in [-0.2, -0.15) is 0 Å². The van der Waals surface area contributed by atoms with E-state index in [-0.39, 0.29) is 11.5 Å². The van der Waals surface area contributed by atoms with Crippen molar-refractivity contribution in [3.05, 3.63) is 0 Å². The second-order valence-electron chi connectivity index (χ2n) is 13.2. The molecule has 0 unspecified atom stereocenters. The monoisotopic (exact) mass is 589 g/mol. The highest BCUT2D eigenvalue weighted by atomic mass is 32.3. The van der Waals surface area contributed by atoms with Gasteiger partial charge in [0.25, 0.3) is 0 Å². The highest BCUT2D eigenvalue weighted by molar-refractivity contribution is 8.10. The predicted octanol–water partition coefficient (Wildman–Crippen LogP) is 13.3. The first-order valence-corrected chi connectivity index (χ1v) is 20.7. The maximum Gasteiger partial charge on any atom is 0.0826 e. The van der Waals surface area contributed by atoms with Crippen LogP contribution in [0.5, 0.6) is 0 Å². The zero-order valence-electron chi connectivity index (χ0n) is 27.8. The predicted molar refractivity (Wildman–Crippen MR) is 182 cm³/mol. The molecule has 0 fully saturated rings. The Labute approximate surface area is 253 Å². The minimum Gasteiger partial charge on any atom is -0.308 e. The molecular weight excluding hydrogens is 512 g/mol. The van der Waals surface area contributed by atoms with Crippen LogP contribution in [-0.4, -0.2) is 24.8 Å². The Morgan fingerprint density at radius 1 is 0.300 bits per heavy atom. The summed E-state index contributed by atoms with van der Waals surface area (Å²) in [5.74, 6) is 0.156. The van der Waals surface area contributed by atoms with E-state index >= 15 is 0 Å². The summed E-state index contributed by atoms with van der Waals surface area (Å²) in [4.78, 5) is 0. The summed E-state index contributed by atoms with van der Waals surface area (Å²) in [5.41, 5.74) is 0. The minimum absolute atomic E-state index is 0.0778. The van der Waals surface area contributed by atoms with Gasteiger partial charge >= 0.3 is 0 Å². The van der Waals surface area contributed by atoms with Crippen molar-refractivity contribution in [2.75, 3.05) is 11.5 Å². The van der Waals surface area contributed by atoms with Crippen LogP contribution in [0.2, 0.25) is 0 Å². The number of unbranched alkanes of at least 4 members (excludes halogenated alkanes) is 30. The third-order valence-electron chi connectivity index (χ3n) is 8.82. The van der Waals surface area contributed by atoms with Crippen molar-refractivity contribution in [3.8, 4) is 0 Å². The Morgan fingerprint density at radius 3 is 0.625 bits per heavy atom. The first-order valence-electron chi connectivity index (χ1n) is 18.5. The van der Waals surface area contributed by atoms with Crippen molar-refractivity contribution < 1.29 is 13.3 Å². The van der Waals surface area contributed by atoms with E-state index < -0.39 is 9.63 Å². The second-order valence-corrected chi connectivity index (χ2v) is 16.4. The molecule has 0 spiro atoms. The van der Waals surface area contributed by atoms with Crippen LogP contribution in [0.15, 0.2) is 0 Å². The van der Waals surface area contributed by atoms with Gasteiger partial charge in [-0.1, -0.05) is 206 Å². The smallest absolute Gasteiger partial charge is 0.0826 e. The van der Waals surface area contributed by atoms with E-state index in [1.54, 1.807) is 0 Å². The quantitative estimate of drug-likeness (QED) is 0.0735. The fraction of sp³-hybridized carbons (Fsp3) is 1.00. The Bertz CT molecular complexity index is 514. The van der Waals surface area contributed by atoms with Gasteiger partial charge < -0.3 is 9.11 Å². The van der Waals surface area contributed by atoms with Gasteiger partial charge in [0.15, 0.2) is 0 Å². The molecular formula is C36H76O3S. The topological polar surface area (TPSA) is 57.5 Å². The summed E-state index contributed by atoms with van der Waals surface area (Å²) >= 11 is 0. The molecule has 0 heterocycles. The maximum absolute atomic E-state index is 12.6. The van der Waals surface area contributed by atoms with Crippen molar-refractivity contribution in [3.63, 3.8) is 0 Å². The van der Waals surface area contributed by atoms with Crippen molar-refractivity contribution in [2.45, 2.75) is 219 Å². The van der Waals surface area contributed by atoms with Gasteiger partial charge in [-0.3, -0.25) is 0 Å². The summed E-state index contributed by atoms with van der Waals surface area (Å²) in [5, 5.41) is 0. The molecule has 40 heavy (non-hydrogen) atoms. The van der Waals surface area contributed by atoms with E-state index in [1.165, 1.54) is 167 Å². The molecule has 2 N–H and O–H groups in total. The van der Waals surface area contributed by atoms with Crippen molar-refractivity contribution in [1.82, 2.24) is 0 Å². The number of hydrogen-bond donors (Lipinski definition) is 2. The molecule has 0 radical (unpaired) electrons. The molecule has 0 saturated carbocycles. The Balaban J connectivity index is 3.41. The lowest BCUT2D eigenvalue weighted by molar-refractivity contribution is 0.384. The van der Waals surface area contributed by atoms with Crippen LogP contribution >= 0.6 is 0 Å². The lowest BCUT2D eigenvalue weighted by Crippen LogP contribution is -2.38. The fourth-order valence-electron chi connectivity index (χ4n) is 5.98. The molecule has 4 heteroatoms. The molecule has 0 saturated heterocycles. The highest BCUT2D eigenvalue weighted by Crippen LogP contribution is 2.23. The molecule has 0 rings (SSSR count). The van der Waals surface area contributed by atoms with E-state index in [1.807, 2.05) is 0 Å². The van der Waals surface area contributed by atoms with Crippen LogP contribution in [-0.2, 0) is 9.63 Å². The molecule has 244 valence electrons. The van der Waals surface area contributed by atoms with Gasteiger partial charge in [0.1, 0.15) is 0 Å². The molecule has 0 atom stereocenters. The van der Waals surface area contributed by atoms with Gasteiger partial charge in [-0.25, -0.2) is 4.21 Å². The Kier molecular flexibility index (Phi) is 29.2. The molecule has 0 aliphatic rings. The fourth-order valence-corrected chi connectivity index (χ4v) is 7.76. The second kappa shape index (κ2) is 29.2. The zero-order chi connectivity index (χ0) is 29.5. The number of rotatable bonds is 34. The maximum atomic E-state index is 12.6. The van der Waals surface area contributed by atoms with E-state index in [4.69, 9.17) is 0 Å². The largest absolute Gasteiger partial charge is 0.308 e. The van der Waals surface area contributed by atoms with Gasteiger partial charge in [0.05, 0.1) is 9.63 Å². The van der Waals surface area contributed by atoms with Crippen LogP contribution in [0.3, 0.4) is 0 Å². The normalized spacial score (nSPS) is 13.1. The lowest BCUT2D eigenvalue weighted by Gasteiger charge is -2.30. The van der Waals surface area contributed by atoms with E-state index in [9.17, 15) is 13.3 Å². The van der Waals surface area contributed by atoms with Gasteiger partial charge in [0, 0.05) is 11.5 Å². The molecule has 0 aliphatic carbocycles.